The van der Waals surface area contributed by atoms with Gasteiger partial charge in [0.25, 0.3) is 0 Å². The number of nitroso groups, excluding NO2 is 1. The third-order valence-electron chi connectivity index (χ3n) is 3.49. The molecule has 1 aromatic carbocycles. The second kappa shape index (κ2) is 5.26. The fourth-order valence-corrected chi connectivity index (χ4v) is 2.39. The number of hydrogen-bond acceptors (Lipinski definition) is 5. The summed E-state index contributed by atoms with van der Waals surface area (Å²) in [7, 11) is 0. The van der Waals surface area contributed by atoms with Crippen molar-refractivity contribution in [2.24, 2.45) is 5.18 Å². The van der Waals surface area contributed by atoms with Crippen LogP contribution in [0.5, 0.6) is 11.6 Å². The van der Waals surface area contributed by atoms with E-state index in [9.17, 15) is 4.91 Å². The molecule has 0 spiro atoms. The van der Waals surface area contributed by atoms with E-state index in [1.807, 2.05) is 18.2 Å². The maximum Gasteiger partial charge on any atom is 0.219 e. The fraction of sp³-hybridized carbons (Fsp3) is 0.312. The second-order valence-electron chi connectivity index (χ2n) is 5.67. The average Bonchev–Trinajstić information content (AvgIpc) is 2.48. The van der Waals surface area contributed by atoms with Gasteiger partial charge in [-0.2, -0.15) is 0 Å². The Balaban J connectivity index is 1.90. The van der Waals surface area contributed by atoms with E-state index < -0.39 is 0 Å². The van der Waals surface area contributed by atoms with Gasteiger partial charge >= 0.3 is 0 Å². The van der Waals surface area contributed by atoms with Gasteiger partial charge in [0.1, 0.15) is 11.4 Å². The van der Waals surface area contributed by atoms with Crippen LogP contribution in [0.1, 0.15) is 25.0 Å². The molecule has 21 heavy (non-hydrogen) atoms. The molecule has 0 aliphatic carbocycles. The smallest absolute Gasteiger partial charge is 0.219 e. The van der Waals surface area contributed by atoms with Gasteiger partial charge in [0.05, 0.1) is 18.4 Å². The van der Waals surface area contributed by atoms with E-state index in [0.717, 1.165) is 23.3 Å². The standard InChI is InChI=1S/C16H16N2O3/c1-16(2)8-13-11(10-20-16)4-3-5-14(13)21-15-7-6-12(18-19)9-17-15/h3-7,9H,8,10H2,1-2H3. The number of hydrogen-bond donors (Lipinski definition) is 0. The maximum absolute atomic E-state index is 10.4. The number of ether oxygens (including phenoxy) is 2. The number of nitrogens with zero attached hydrogens (tertiary/aromatic N) is 2. The number of pyridine rings is 1. The SMILES string of the molecule is CC1(C)Cc2c(cccc2Oc2ccc(N=O)cn2)CO1. The molecule has 1 aliphatic rings. The highest BCUT2D eigenvalue weighted by Crippen LogP contribution is 2.35. The Bertz CT molecular complexity index is 666. The lowest BCUT2D eigenvalue weighted by Crippen LogP contribution is -2.32. The van der Waals surface area contributed by atoms with Crippen LogP contribution < -0.4 is 4.74 Å². The highest BCUT2D eigenvalue weighted by atomic mass is 16.5. The molecule has 0 amide bonds. The van der Waals surface area contributed by atoms with E-state index in [1.54, 1.807) is 12.1 Å². The Kier molecular flexibility index (Phi) is 3.43. The minimum atomic E-state index is -0.203. The number of rotatable bonds is 3. The molecule has 3 rings (SSSR count). The monoisotopic (exact) mass is 284 g/mol. The molecule has 0 bridgehead atoms. The van der Waals surface area contributed by atoms with Crippen molar-refractivity contribution in [2.45, 2.75) is 32.5 Å². The third kappa shape index (κ3) is 2.92. The highest BCUT2D eigenvalue weighted by Gasteiger charge is 2.28. The molecule has 0 fully saturated rings. The van der Waals surface area contributed by atoms with Crippen LogP contribution in [0.4, 0.5) is 5.69 Å². The van der Waals surface area contributed by atoms with Crippen LogP contribution in [-0.2, 0) is 17.8 Å². The summed E-state index contributed by atoms with van der Waals surface area (Å²) < 4.78 is 11.7. The van der Waals surface area contributed by atoms with Crippen molar-refractivity contribution in [1.29, 1.82) is 0 Å². The third-order valence-corrected chi connectivity index (χ3v) is 3.49. The molecule has 0 saturated heterocycles. The number of fused-ring (bicyclic) bond motifs is 1. The zero-order chi connectivity index (χ0) is 14.9. The first kappa shape index (κ1) is 13.7. The lowest BCUT2D eigenvalue weighted by Gasteiger charge is -2.32. The van der Waals surface area contributed by atoms with Crippen molar-refractivity contribution in [3.63, 3.8) is 0 Å². The van der Waals surface area contributed by atoms with Crippen LogP contribution in [0, 0.1) is 4.91 Å². The van der Waals surface area contributed by atoms with Gasteiger partial charge < -0.3 is 9.47 Å². The lowest BCUT2D eigenvalue weighted by atomic mass is 9.91. The normalized spacial score (nSPS) is 16.1. The molecule has 0 N–H and O–H groups in total. The summed E-state index contributed by atoms with van der Waals surface area (Å²) in [4.78, 5) is 14.5. The summed E-state index contributed by atoms with van der Waals surface area (Å²) in [5.41, 5.74) is 2.36. The quantitative estimate of drug-likeness (QED) is 0.795. The van der Waals surface area contributed by atoms with E-state index in [0.29, 0.717) is 12.5 Å². The van der Waals surface area contributed by atoms with Gasteiger partial charge in [0.2, 0.25) is 5.88 Å². The Morgan fingerprint density at radius 1 is 1.29 bits per heavy atom. The number of aromatic nitrogens is 1. The summed E-state index contributed by atoms with van der Waals surface area (Å²) in [6.45, 7) is 4.71. The van der Waals surface area contributed by atoms with Crippen molar-refractivity contribution in [2.75, 3.05) is 0 Å². The van der Waals surface area contributed by atoms with E-state index in [2.05, 4.69) is 24.0 Å². The van der Waals surface area contributed by atoms with Gasteiger partial charge in [0.15, 0.2) is 0 Å². The second-order valence-corrected chi connectivity index (χ2v) is 5.67. The summed E-state index contributed by atoms with van der Waals surface area (Å²) >= 11 is 0. The molecular weight excluding hydrogens is 268 g/mol. The van der Waals surface area contributed by atoms with Gasteiger partial charge in [-0.05, 0) is 36.7 Å². The molecular formula is C16H16N2O3. The van der Waals surface area contributed by atoms with Gasteiger partial charge in [0, 0.05) is 18.1 Å². The van der Waals surface area contributed by atoms with E-state index >= 15 is 0 Å². The van der Waals surface area contributed by atoms with Crippen LogP contribution in [0.15, 0.2) is 41.7 Å². The molecule has 108 valence electrons. The lowest BCUT2D eigenvalue weighted by molar-refractivity contribution is -0.0405. The van der Waals surface area contributed by atoms with Crippen LogP contribution in [0.2, 0.25) is 0 Å². The molecule has 2 aromatic rings. The summed E-state index contributed by atoms with van der Waals surface area (Å²) in [5.74, 6) is 1.23. The molecule has 2 heterocycles. The molecule has 1 aromatic heterocycles. The molecule has 0 saturated carbocycles. The first-order valence-electron chi connectivity index (χ1n) is 6.79. The van der Waals surface area contributed by atoms with E-state index in [4.69, 9.17) is 9.47 Å². The summed E-state index contributed by atoms with van der Waals surface area (Å²) in [5, 5.41) is 2.82. The van der Waals surface area contributed by atoms with Crippen LogP contribution in [0.3, 0.4) is 0 Å². The van der Waals surface area contributed by atoms with Gasteiger partial charge in [-0.25, -0.2) is 4.98 Å². The van der Waals surface area contributed by atoms with Gasteiger partial charge in [-0.3, -0.25) is 0 Å². The molecule has 5 heteroatoms. The average molecular weight is 284 g/mol. The van der Waals surface area contributed by atoms with Crippen molar-refractivity contribution in [3.05, 3.63) is 52.6 Å². The zero-order valence-corrected chi connectivity index (χ0v) is 12.0. The van der Waals surface area contributed by atoms with E-state index in [1.165, 1.54) is 6.20 Å². The summed E-state index contributed by atoms with van der Waals surface area (Å²) in [6, 6.07) is 9.13. The van der Waals surface area contributed by atoms with Gasteiger partial charge in [-0.15, -0.1) is 4.91 Å². The van der Waals surface area contributed by atoms with Crippen LogP contribution >= 0.6 is 0 Å². The van der Waals surface area contributed by atoms with Crippen molar-refractivity contribution < 1.29 is 9.47 Å². The number of benzene rings is 1. The Hall–Kier alpha value is -2.27. The Morgan fingerprint density at radius 3 is 2.86 bits per heavy atom. The molecule has 0 unspecified atom stereocenters. The van der Waals surface area contributed by atoms with Gasteiger partial charge in [-0.1, -0.05) is 12.1 Å². The van der Waals surface area contributed by atoms with Crippen LogP contribution in [0.25, 0.3) is 0 Å². The van der Waals surface area contributed by atoms with E-state index in [-0.39, 0.29) is 11.3 Å². The predicted octanol–water partition coefficient (Wildman–Crippen LogP) is 4.12. The Morgan fingerprint density at radius 2 is 2.14 bits per heavy atom. The largest absolute Gasteiger partial charge is 0.439 e. The molecule has 0 atom stereocenters. The predicted molar refractivity (Wildman–Crippen MR) is 78.8 cm³/mol. The van der Waals surface area contributed by atoms with Crippen molar-refractivity contribution in [1.82, 2.24) is 4.98 Å². The first-order chi connectivity index (χ1) is 10.1. The Labute approximate surface area is 122 Å². The summed E-state index contributed by atoms with van der Waals surface area (Å²) in [6.07, 6.45) is 2.18. The first-order valence-corrected chi connectivity index (χ1v) is 6.79. The minimum Gasteiger partial charge on any atom is -0.439 e. The fourth-order valence-electron chi connectivity index (χ4n) is 2.39. The minimum absolute atomic E-state index is 0.203. The highest BCUT2D eigenvalue weighted by molar-refractivity contribution is 5.44. The molecule has 5 nitrogen and oxygen atoms in total. The van der Waals surface area contributed by atoms with Crippen LogP contribution in [-0.4, -0.2) is 10.6 Å². The topological polar surface area (TPSA) is 60.8 Å². The molecule has 0 radical (unpaired) electrons. The zero-order valence-electron chi connectivity index (χ0n) is 12.0. The van der Waals surface area contributed by atoms with Crippen molar-refractivity contribution >= 4 is 5.69 Å². The maximum atomic E-state index is 10.4. The molecule has 1 aliphatic heterocycles. The van der Waals surface area contributed by atoms with Crippen molar-refractivity contribution in [3.8, 4) is 11.6 Å².